The maximum absolute atomic E-state index is 5.67. The molecule has 0 aliphatic heterocycles. The predicted octanol–water partition coefficient (Wildman–Crippen LogP) is 3.57. The fourth-order valence-electron chi connectivity index (χ4n) is 2.26. The molecule has 1 aromatic carbocycles. The molecule has 0 atom stereocenters. The highest BCUT2D eigenvalue weighted by Crippen LogP contribution is 2.16. The molecule has 154 valence electrons. The summed E-state index contributed by atoms with van der Waals surface area (Å²) < 4.78 is 10.7. The summed E-state index contributed by atoms with van der Waals surface area (Å²) in [6.45, 7) is 5.19. The van der Waals surface area contributed by atoms with Crippen LogP contribution in [0.15, 0.2) is 58.5 Å². The first-order valence-corrected chi connectivity index (χ1v) is 10.1. The highest BCUT2D eigenvalue weighted by Gasteiger charge is 2.05. The Morgan fingerprint density at radius 3 is 2.68 bits per heavy atom. The van der Waals surface area contributed by atoms with Gasteiger partial charge in [0.15, 0.2) is 5.96 Å². The van der Waals surface area contributed by atoms with E-state index in [9.17, 15) is 0 Å². The van der Waals surface area contributed by atoms with Crippen LogP contribution in [0.1, 0.15) is 12.5 Å². The quantitative estimate of drug-likeness (QED) is 0.157. The smallest absolute Gasteiger partial charge is 0.218 e. The minimum atomic E-state index is 0. The van der Waals surface area contributed by atoms with Crippen LogP contribution in [-0.2, 0) is 11.3 Å². The van der Waals surface area contributed by atoms with Crippen LogP contribution in [-0.4, -0.2) is 50.1 Å². The molecular weight excluding hydrogens is 487 g/mol. The van der Waals surface area contributed by atoms with E-state index in [2.05, 4.69) is 51.8 Å². The number of aliphatic imine (C=N–C) groups is 1. The Kier molecular flexibility index (Phi) is 13.5. The zero-order valence-electron chi connectivity index (χ0n) is 16.4. The van der Waals surface area contributed by atoms with E-state index in [4.69, 9.17) is 9.47 Å². The Morgan fingerprint density at radius 1 is 1.11 bits per heavy atom. The number of methoxy groups -OCH3 is 1. The molecule has 0 aliphatic rings. The third-order valence-electron chi connectivity index (χ3n) is 3.53. The van der Waals surface area contributed by atoms with Gasteiger partial charge in [-0.1, -0.05) is 24.3 Å². The van der Waals surface area contributed by atoms with Crippen molar-refractivity contribution in [2.75, 3.05) is 39.2 Å². The first kappa shape index (κ1) is 24.5. The Hall–Kier alpha value is -1.52. The normalized spacial score (nSPS) is 10.9. The third kappa shape index (κ3) is 9.61. The molecule has 0 unspecified atom stereocenters. The van der Waals surface area contributed by atoms with Crippen LogP contribution in [0.3, 0.4) is 0 Å². The first-order chi connectivity index (χ1) is 13.3. The average molecular weight is 516 g/mol. The van der Waals surface area contributed by atoms with Crippen molar-refractivity contribution in [3.63, 3.8) is 0 Å². The Labute approximate surface area is 188 Å². The molecule has 0 saturated heterocycles. The van der Waals surface area contributed by atoms with E-state index >= 15 is 0 Å². The lowest BCUT2D eigenvalue weighted by Crippen LogP contribution is -2.38. The van der Waals surface area contributed by atoms with Gasteiger partial charge in [0, 0.05) is 42.6 Å². The molecule has 2 N–H and O–H groups in total. The highest BCUT2D eigenvalue weighted by molar-refractivity contribution is 14.0. The van der Waals surface area contributed by atoms with Crippen molar-refractivity contribution in [2.45, 2.75) is 18.4 Å². The molecule has 0 aliphatic carbocycles. The van der Waals surface area contributed by atoms with Gasteiger partial charge in [-0.05, 0) is 25.1 Å². The van der Waals surface area contributed by atoms with Crippen LogP contribution in [0.2, 0.25) is 0 Å². The van der Waals surface area contributed by atoms with Crippen molar-refractivity contribution in [1.29, 1.82) is 0 Å². The fourth-order valence-corrected chi connectivity index (χ4v) is 3.05. The molecule has 0 bridgehead atoms. The minimum absolute atomic E-state index is 0. The monoisotopic (exact) mass is 516 g/mol. The lowest BCUT2D eigenvalue weighted by atomic mass is 10.3. The van der Waals surface area contributed by atoms with Crippen molar-refractivity contribution in [2.24, 2.45) is 4.99 Å². The van der Waals surface area contributed by atoms with Crippen LogP contribution in [0.4, 0.5) is 0 Å². The zero-order chi connectivity index (χ0) is 19.2. The van der Waals surface area contributed by atoms with Crippen LogP contribution < -0.4 is 15.4 Å². The molecule has 6 nitrogen and oxygen atoms in total. The van der Waals surface area contributed by atoms with Gasteiger partial charge in [-0.2, -0.15) is 0 Å². The second-order valence-electron chi connectivity index (χ2n) is 5.59. The zero-order valence-corrected chi connectivity index (χ0v) is 19.5. The highest BCUT2D eigenvalue weighted by atomic mass is 127. The Bertz CT molecular complexity index is 689. The number of nitrogens with zero attached hydrogens (tertiary/aromatic N) is 2. The number of benzene rings is 1. The number of guanidine groups is 1. The third-order valence-corrected chi connectivity index (χ3v) is 4.55. The number of ether oxygens (including phenoxy) is 2. The molecule has 2 aromatic rings. The molecule has 0 radical (unpaired) electrons. The van der Waals surface area contributed by atoms with Crippen LogP contribution in [0, 0.1) is 0 Å². The number of aromatic nitrogens is 1. The van der Waals surface area contributed by atoms with E-state index in [1.54, 1.807) is 13.3 Å². The SMILES string of the molecule is CCNC(=NCc1cccnc1OCCOC)NCCSc1ccccc1.I. The van der Waals surface area contributed by atoms with E-state index in [0.29, 0.717) is 25.6 Å². The van der Waals surface area contributed by atoms with Crippen molar-refractivity contribution < 1.29 is 9.47 Å². The largest absolute Gasteiger partial charge is 0.475 e. The number of pyridine rings is 1. The fraction of sp³-hybridized carbons (Fsp3) is 0.400. The van der Waals surface area contributed by atoms with E-state index in [0.717, 1.165) is 30.4 Å². The summed E-state index contributed by atoms with van der Waals surface area (Å²) >= 11 is 1.82. The van der Waals surface area contributed by atoms with Crippen molar-refractivity contribution in [1.82, 2.24) is 15.6 Å². The number of hydrogen-bond acceptors (Lipinski definition) is 5. The summed E-state index contributed by atoms with van der Waals surface area (Å²) in [4.78, 5) is 10.2. The average Bonchev–Trinajstić information content (AvgIpc) is 2.71. The van der Waals surface area contributed by atoms with Crippen molar-refractivity contribution in [3.05, 3.63) is 54.2 Å². The van der Waals surface area contributed by atoms with Gasteiger partial charge < -0.3 is 20.1 Å². The van der Waals surface area contributed by atoms with Gasteiger partial charge in [-0.15, -0.1) is 35.7 Å². The summed E-state index contributed by atoms with van der Waals surface area (Å²) in [6.07, 6.45) is 1.72. The van der Waals surface area contributed by atoms with Gasteiger partial charge in [-0.25, -0.2) is 9.98 Å². The maximum Gasteiger partial charge on any atom is 0.218 e. The molecule has 2 rings (SSSR count). The van der Waals surface area contributed by atoms with Crippen LogP contribution >= 0.6 is 35.7 Å². The van der Waals surface area contributed by atoms with Gasteiger partial charge in [0.05, 0.1) is 13.2 Å². The lowest BCUT2D eigenvalue weighted by molar-refractivity contribution is 0.143. The molecule has 1 aromatic heterocycles. The summed E-state index contributed by atoms with van der Waals surface area (Å²) in [5, 5.41) is 6.64. The first-order valence-electron chi connectivity index (χ1n) is 9.09. The number of nitrogens with one attached hydrogen (secondary N) is 2. The standard InChI is InChI=1S/C20H28N4O2S.HI/c1-3-21-20(23-12-15-27-18-9-5-4-6-10-18)24-16-17-8-7-11-22-19(17)26-14-13-25-2;/h4-11H,3,12-16H2,1-2H3,(H2,21,23,24);1H. The van der Waals surface area contributed by atoms with E-state index in [1.165, 1.54) is 4.90 Å². The summed E-state index contributed by atoms with van der Waals surface area (Å²) in [5.74, 6) is 2.36. The van der Waals surface area contributed by atoms with Crippen molar-refractivity contribution in [3.8, 4) is 5.88 Å². The molecule has 0 amide bonds. The van der Waals surface area contributed by atoms with Gasteiger partial charge >= 0.3 is 0 Å². The van der Waals surface area contributed by atoms with Gasteiger partial charge in [0.1, 0.15) is 6.61 Å². The molecule has 1 heterocycles. The Morgan fingerprint density at radius 2 is 1.93 bits per heavy atom. The topological polar surface area (TPSA) is 67.8 Å². The molecule has 8 heteroatoms. The minimum Gasteiger partial charge on any atom is -0.475 e. The van der Waals surface area contributed by atoms with Gasteiger partial charge in [-0.3, -0.25) is 0 Å². The molecule has 0 fully saturated rings. The summed E-state index contributed by atoms with van der Waals surface area (Å²) in [5.41, 5.74) is 0.949. The lowest BCUT2D eigenvalue weighted by Gasteiger charge is -2.12. The molecule has 0 spiro atoms. The van der Waals surface area contributed by atoms with E-state index < -0.39 is 0 Å². The van der Waals surface area contributed by atoms with Crippen LogP contribution in [0.25, 0.3) is 0 Å². The summed E-state index contributed by atoms with van der Waals surface area (Å²) in [6, 6.07) is 14.3. The van der Waals surface area contributed by atoms with Gasteiger partial charge in [0.25, 0.3) is 0 Å². The summed E-state index contributed by atoms with van der Waals surface area (Å²) in [7, 11) is 1.65. The van der Waals surface area contributed by atoms with E-state index in [1.807, 2.05) is 30.0 Å². The second-order valence-corrected chi connectivity index (χ2v) is 6.76. The van der Waals surface area contributed by atoms with E-state index in [-0.39, 0.29) is 24.0 Å². The number of thioether (sulfide) groups is 1. The molecule has 28 heavy (non-hydrogen) atoms. The number of halogens is 1. The number of hydrogen-bond donors (Lipinski definition) is 2. The maximum atomic E-state index is 5.67. The predicted molar refractivity (Wildman–Crippen MR) is 127 cm³/mol. The Balaban J connectivity index is 0.00000392. The second kappa shape index (κ2) is 15.4. The van der Waals surface area contributed by atoms with Crippen LogP contribution in [0.5, 0.6) is 5.88 Å². The van der Waals surface area contributed by atoms with Gasteiger partial charge in [0.2, 0.25) is 5.88 Å². The molecule has 0 saturated carbocycles. The number of rotatable bonds is 11. The molecular formula is C20H29IN4O2S. The van der Waals surface area contributed by atoms with Crippen molar-refractivity contribution >= 4 is 41.7 Å².